The van der Waals surface area contributed by atoms with Crippen molar-refractivity contribution in [2.75, 3.05) is 7.11 Å². The average Bonchev–Trinajstić information content (AvgIpc) is 1.97. The topological polar surface area (TPSA) is 43.4 Å². The standard InChI is InChI=1S/C9H14O3/c1-12-9(11)6-5-8(10)7-3-2-4-7/h7H,2-6H2,1H3. The number of carbonyl (C=O) groups is 2. The second-order valence-corrected chi connectivity index (χ2v) is 3.17. The molecule has 0 aromatic heterocycles. The zero-order valence-electron chi connectivity index (χ0n) is 7.34. The highest BCUT2D eigenvalue weighted by Gasteiger charge is 2.24. The van der Waals surface area contributed by atoms with Gasteiger partial charge in [0.15, 0.2) is 0 Å². The van der Waals surface area contributed by atoms with Gasteiger partial charge in [-0.05, 0) is 12.8 Å². The van der Waals surface area contributed by atoms with Gasteiger partial charge in [-0.3, -0.25) is 9.59 Å². The van der Waals surface area contributed by atoms with E-state index in [4.69, 9.17) is 0 Å². The molecular weight excluding hydrogens is 156 g/mol. The van der Waals surface area contributed by atoms with Crippen LogP contribution in [0.25, 0.3) is 0 Å². The minimum absolute atomic E-state index is 0.228. The summed E-state index contributed by atoms with van der Waals surface area (Å²) in [6.45, 7) is 0. The van der Waals surface area contributed by atoms with E-state index in [1.54, 1.807) is 0 Å². The van der Waals surface area contributed by atoms with Gasteiger partial charge in [0.05, 0.1) is 13.5 Å². The zero-order chi connectivity index (χ0) is 8.97. The Morgan fingerprint density at radius 3 is 2.42 bits per heavy atom. The highest BCUT2D eigenvalue weighted by molar-refractivity contribution is 5.85. The summed E-state index contributed by atoms with van der Waals surface area (Å²) in [5, 5.41) is 0. The number of ketones is 1. The Morgan fingerprint density at radius 1 is 1.33 bits per heavy atom. The van der Waals surface area contributed by atoms with E-state index in [0.29, 0.717) is 6.42 Å². The quantitative estimate of drug-likeness (QED) is 0.597. The first kappa shape index (κ1) is 9.23. The van der Waals surface area contributed by atoms with Crippen LogP contribution in [0, 0.1) is 5.92 Å². The fourth-order valence-electron chi connectivity index (χ4n) is 1.26. The summed E-state index contributed by atoms with van der Waals surface area (Å²) in [5.74, 6) is 0.184. The monoisotopic (exact) mass is 170 g/mol. The van der Waals surface area contributed by atoms with Crippen molar-refractivity contribution in [3.8, 4) is 0 Å². The molecule has 0 atom stereocenters. The summed E-state index contributed by atoms with van der Waals surface area (Å²) in [4.78, 5) is 21.9. The third-order valence-electron chi connectivity index (χ3n) is 2.36. The lowest BCUT2D eigenvalue weighted by Crippen LogP contribution is -2.22. The van der Waals surface area contributed by atoms with Crippen molar-refractivity contribution >= 4 is 11.8 Å². The number of esters is 1. The fourth-order valence-corrected chi connectivity index (χ4v) is 1.26. The molecule has 1 saturated carbocycles. The average molecular weight is 170 g/mol. The first-order valence-corrected chi connectivity index (χ1v) is 4.33. The van der Waals surface area contributed by atoms with Crippen LogP contribution in [0.1, 0.15) is 32.1 Å². The van der Waals surface area contributed by atoms with Crippen molar-refractivity contribution in [1.82, 2.24) is 0 Å². The van der Waals surface area contributed by atoms with Crippen LogP contribution in [-0.4, -0.2) is 18.9 Å². The molecular formula is C9H14O3. The molecule has 1 rings (SSSR count). The Labute approximate surface area is 72.1 Å². The van der Waals surface area contributed by atoms with Gasteiger partial charge in [0.1, 0.15) is 5.78 Å². The summed E-state index contributed by atoms with van der Waals surface area (Å²) in [6, 6.07) is 0. The Balaban J connectivity index is 2.13. The van der Waals surface area contributed by atoms with Crippen molar-refractivity contribution in [2.45, 2.75) is 32.1 Å². The van der Waals surface area contributed by atoms with Gasteiger partial charge in [-0.15, -0.1) is 0 Å². The van der Waals surface area contributed by atoms with Crippen molar-refractivity contribution in [2.24, 2.45) is 5.92 Å². The van der Waals surface area contributed by atoms with E-state index >= 15 is 0 Å². The van der Waals surface area contributed by atoms with E-state index in [1.807, 2.05) is 0 Å². The van der Waals surface area contributed by atoms with E-state index < -0.39 is 0 Å². The lowest BCUT2D eigenvalue weighted by molar-refractivity contribution is -0.142. The highest BCUT2D eigenvalue weighted by atomic mass is 16.5. The molecule has 0 aromatic rings. The third-order valence-corrected chi connectivity index (χ3v) is 2.36. The molecule has 0 radical (unpaired) electrons. The zero-order valence-corrected chi connectivity index (χ0v) is 7.34. The molecule has 12 heavy (non-hydrogen) atoms. The van der Waals surface area contributed by atoms with Crippen LogP contribution in [-0.2, 0) is 14.3 Å². The molecule has 0 N–H and O–H groups in total. The number of carbonyl (C=O) groups excluding carboxylic acids is 2. The van der Waals surface area contributed by atoms with E-state index in [2.05, 4.69) is 4.74 Å². The van der Waals surface area contributed by atoms with Gasteiger partial charge in [0, 0.05) is 12.3 Å². The molecule has 0 heterocycles. The molecule has 0 bridgehead atoms. The lowest BCUT2D eigenvalue weighted by Gasteiger charge is -2.23. The fraction of sp³-hybridized carbons (Fsp3) is 0.778. The molecule has 0 aliphatic heterocycles. The first-order valence-electron chi connectivity index (χ1n) is 4.33. The smallest absolute Gasteiger partial charge is 0.305 e. The second kappa shape index (κ2) is 4.24. The van der Waals surface area contributed by atoms with Crippen molar-refractivity contribution < 1.29 is 14.3 Å². The summed E-state index contributed by atoms with van der Waals surface area (Å²) in [6.07, 6.45) is 3.79. The van der Waals surface area contributed by atoms with Crippen LogP contribution < -0.4 is 0 Å². The first-order chi connectivity index (χ1) is 5.74. The molecule has 3 nitrogen and oxygen atoms in total. The number of hydrogen-bond donors (Lipinski definition) is 0. The van der Waals surface area contributed by atoms with Crippen LogP contribution in [0.15, 0.2) is 0 Å². The van der Waals surface area contributed by atoms with Crippen molar-refractivity contribution in [3.63, 3.8) is 0 Å². The van der Waals surface area contributed by atoms with Crippen molar-refractivity contribution in [3.05, 3.63) is 0 Å². The number of methoxy groups -OCH3 is 1. The van der Waals surface area contributed by atoms with E-state index in [1.165, 1.54) is 7.11 Å². The van der Waals surface area contributed by atoms with Crippen LogP contribution in [0.5, 0.6) is 0 Å². The molecule has 68 valence electrons. The number of ether oxygens (including phenoxy) is 1. The van der Waals surface area contributed by atoms with Gasteiger partial charge >= 0.3 is 5.97 Å². The number of Topliss-reactive ketones (excluding diaryl/α,β-unsaturated/α-hetero) is 1. The molecule has 1 aliphatic rings. The lowest BCUT2D eigenvalue weighted by atomic mass is 9.81. The normalized spacial score (nSPS) is 16.8. The highest BCUT2D eigenvalue weighted by Crippen LogP contribution is 2.28. The third kappa shape index (κ3) is 2.32. The van der Waals surface area contributed by atoms with Crippen LogP contribution in [0.3, 0.4) is 0 Å². The molecule has 1 fully saturated rings. The largest absolute Gasteiger partial charge is 0.469 e. The second-order valence-electron chi connectivity index (χ2n) is 3.17. The van der Waals surface area contributed by atoms with E-state index in [9.17, 15) is 9.59 Å². The predicted octanol–water partition coefficient (Wildman–Crippen LogP) is 1.31. The summed E-state index contributed by atoms with van der Waals surface area (Å²) in [5.41, 5.74) is 0. The van der Waals surface area contributed by atoms with Gasteiger partial charge in [-0.1, -0.05) is 6.42 Å². The molecule has 0 unspecified atom stereocenters. The number of rotatable bonds is 4. The SMILES string of the molecule is COC(=O)CCC(=O)C1CCC1. The van der Waals surface area contributed by atoms with Gasteiger partial charge in [-0.2, -0.15) is 0 Å². The maximum Gasteiger partial charge on any atom is 0.305 e. The molecule has 1 aliphatic carbocycles. The Hall–Kier alpha value is -0.860. The molecule has 3 heteroatoms. The predicted molar refractivity (Wildman–Crippen MR) is 43.6 cm³/mol. The van der Waals surface area contributed by atoms with Gasteiger partial charge in [-0.25, -0.2) is 0 Å². The van der Waals surface area contributed by atoms with Crippen LogP contribution in [0.4, 0.5) is 0 Å². The maximum absolute atomic E-state index is 11.2. The maximum atomic E-state index is 11.2. The van der Waals surface area contributed by atoms with Crippen LogP contribution in [0.2, 0.25) is 0 Å². The summed E-state index contributed by atoms with van der Waals surface area (Å²) in [7, 11) is 1.34. The van der Waals surface area contributed by atoms with E-state index in [-0.39, 0.29) is 24.1 Å². The van der Waals surface area contributed by atoms with E-state index in [0.717, 1.165) is 19.3 Å². The van der Waals surface area contributed by atoms with Crippen LogP contribution >= 0.6 is 0 Å². The van der Waals surface area contributed by atoms with Crippen molar-refractivity contribution in [1.29, 1.82) is 0 Å². The number of hydrogen-bond acceptors (Lipinski definition) is 3. The minimum Gasteiger partial charge on any atom is -0.469 e. The van der Waals surface area contributed by atoms with Gasteiger partial charge in [0.25, 0.3) is 0 Å². The Morgan fingerprint density at radius 2 is 2.00 bits per heavy atom. The molecule has 0 amide bonds. The Bertz CT molecular complexity index is 182. The molecule has 0 aromatic carbocycles. The molecule has 0 saturated heterocycles. The minimum atomic E-state index is -0.289. The summed E-state index contributed by atoms with van der Waals surface area (Å²) >= 11 is 0. The van der Waals surface area contributed by atoms with Gasteiger partial charge < -0.3 is 4.74 Å². The van der Waals surface area contributed by atoms with Gasteiger partial charge in [0.2, 0.25) is 0 Å². The Kier molecular flexibility index (Phi) is 3.26. The summed E-state index contributed by atoms with van der Waals surface area (Å²) < 4.78 is 4.44. The molecule has 0 spiro atoms.